The van der Waals surface area contributed by atoms with E-state index in [1.54, 1.807) is 18.2 Å². The van der Waals surface area contributed by atoms with Crippen molar-refractivity contribution < 1.29 is 17.6 Å². The van der Waals surface area contributed by atoms with Gasteiger partial charge in [0.1, 0.15) is 16.1 Å². The molecule has 28 heavy (non-hydrogen) atoms. The molecule has 0 saturated carbocycles. The van der Waals surface area contributed by atoms with Crippen molar-refractivity contribution in [2.75, 3.05) is 13.1 Å². The molecule has 1 aliphatic rings. The lowest BCUT2D eigenvalue weighted by molar-refractivity contribution is -0.126. The monoisotopic (exact) mass is 421 g/mol. The average Bonchev–Trinajstić information content (AvgIpc) is 3.14. The highest BCUT2D eigenvalue weighted by atomic mass is 32.2. The molecule has 2 atom stereocenters. The molecule has 3 rings (SSSR count). The molecule has 1 aliphatic heterocycles. The zero-order chi connectivity index (χ0) is 20.3. The van der Waals surface area contributed by atoms with Gasteiger partial charge in [-0.25, -0.2) is 12.8 Å². The standard InChI is InChI=1S/C19H20FN3O3S2/c1-13-8-9-18(27-13)28(25,26)23-10-4-5-14(12-23)19(24)22-17(11-21)15-6-2-3-7-16(15)20/h2-3,6-9,14,17H,4-5,10,12H2,1H3,(H,22,24). The van der Waals surface area contributed by atoms with Gasteiger partial charge in [0.2, 0.25) is 5.91 Å². The highest BCUT2D eigenvalue weighted by molar-refractivity contribution is 7.91. The maximum atomic E-state index is 13.9. The van der Waals surface area contributed by atoms with Crippen LogP contribution < -0.4 is 5.32 Å². The molecule has 2 unspecified atom stereocenters. The summed E-state index contributed by atoms with van der Waals surface area (Å²) >= 11 is 1.20. The zero-order valence-electron chi connectivity index (χ0n) is 15.3. The summed E-state index contributed by atoms with van der Waals surface area (Å²) in [6.45, 7) is 2.22. The molecule has 0 aliphatic carbocycles. The van der Waals surface area contributed by atoms with E-state index in [1.807, 2.05) is 13.0 Å². The maximum absolute atomic E-state index is 13.9. The summed E-state index contributed by atoms with van der Waals surface area (Å²) in [6, 6.07) is 9.86. The molecular formula is C19H20FN3O3S2. The number of benzene rings is 1. The van der Waals surface area contributed by atoms with Crippen LogP contribution >= 0.6 is 11.3 Å². The predicted molar refractivity (Wildman–Crippen MR) is 103 cm³/mol. The van der Waals surface area contributed by atoms with Crippen molar-refractivity contribution in [3.05, 3.63) is 52.7 Å². The van der Waals surface area contributed by atoms with Crippen molar-refractivity contribution in [2.24, 2.45) is 5.92 Å². The number of thiophene rings is 1. The summed E-state index contributed by atoms with van der Waals surface area (Å²) < 4.78 is 41.1. The van der Waals surface area contributed by atoms with Gasteiger partial charge in [-0.05, 0) is 38.0 Å². The number of hydrogen-bond donors (Lipinski definition) is 1. The Kier molecular flexibility index (Phi) is 6.13. The van der Waals surface area contributed by atoms with E-state index in [4.69, 9.17) is 0 Å². The Morgan fingerprint density at radius 2 is 2.11 bits per heavy atom. The Morgan fingerprint density at radius 1 is 1.36 bits per heavy atom. The van der Waals surface area contributed by atoms with Crippen LogP contribution in [0.3, 0.4) is 0 Å². The second-order valence-corrected chi connectivity index (χ2v) is 10.1. The molecule has 0 bridgehead atoms. The number of nitriles is 1. The molecule has 1 aromatic heterocycles. The summed E-state index contributed by atoms with van der Waals surface area (Å²) in [7, 11) is -3.65. The lowest BCUT2D eigenvalue weighted by Crippen LogP contribution is -2.45. The van der Waals surface area contributed by atoms with Gasteiger partial charge in [0.15, 0.2) is 0 Å². The number of sulfonamides is 1. The van der Waals surface area contributed by atoms with Crippen LogP contribution in [0.2, 0.25) is 0 Å². The highest BCUT2D eigenvalue weighted by Gasteiger charge is 2.34. The third-order valence-corrected chi connectivity index (χ3v) is 8.03. The lowest BCUT2D eigenvalue weighted by atomic mass is 9.97. The largest absolute Gasteiger partial charge is 0.336 e. The van der Waals surface area contributed by atoms with Crippen molar-refractivity contribution in [1.82, 2.24) is 9.62 Å². The van der Waals surface area contributed by atoms with Gasteiger partial charge in [-0.1, -0.05) is 18.2 Å². The number of hydrogen-bond acceptors (Lipinski definition) is 5. The smallest absolute Gasteiger partial charge is 0.252 e. The van der Waals surface area contributed by atoms with Crippen LogP contribution in [0.1, 0.15) is 29.3 Å². The van der Waals surface area contributed by atoms with Crippen molar-refractivity contribution in [2.45, 2.75) is 30.0 Å². The fourth-order valence-corrected chi connectivity index (χ4v) is 6.16. The van der Waals surface area contributed by atoms with Gasteiger partial charge < -0.3 is 5.32 Å². The summed E-state index contributed by atoms with van der Waals surface area (Å²) in [5, 5.41) is 11.9. The molecule has 1 N–H and O–H groups in total. The first-order valence-electron chi connectivity index (χ1n) is 8.84. The van der Waals surface area contributed by atoms with Crippen LogP contribution in [0.5, 0.6) is 0 Å². The third-order valence-electron chi connectivity index (χ3n) is 4.70. The summed E-state index contributed by atoms with van der Waals surface area (Å²) in [5.74, 6) is -1.61. The molecule has 2 aromatic rings. The Morgan fingerprint density at radius 3 is 2.75 bits per heavy atom. The number of rotatable bonds is 5. The Labute approximate surface area is 167 Å². The normalized spacial score (nSPS) is 19.0. The molecule has 1 amide bonds. The van der Waals surface area contributed by atoms with E-state index in [1.165, 1.54) is 33.8 Å². The number of piperidine rings is 1. The van der Waals surface area contributed by atoms with Gasteiger partial charge in [-0.15, -0.1) is 11.3 Å². The average molecular weight is 422 g/mol. The number of carbonyl (C=O) groups is 1. The first-order valence-corrected chi connectivity index (χ1v) is 11.1. The molecular weight excluding hydrogens is 401 g/mol. The molecule has 1 aromatic carbocycles. The van der Waals surface area contributed by atoms with Gasteiger partial charge in [-0.3, -0.25) is 4.79 Å². The summed E-state index contributed by atoms with van der Waals surface area (Å²) in [4.78, 5) is 13.6. The molecule has 0 radical (unpaired) electrons. The second-order valence-electron chi connectivity index (χ2n) is 6.66. The van der Waals surface area contributed by atoms with Crippen LogP contribution in [-0.2, 0) is 14.8 Å². The fraction of sp³-hybridized carbons (Fsp3) is 0.368. The van der Waals surface area contributed by atoms with Crippen LogP contribution in [0, 0.1) is 30.0 Å². The minimum atomic E-state index is -3.65. The minimum Gasteiger partial charge on any atom is -0.336 e. The number of aryl methyl sites for hydroxylation is 1. The van der Waals surface area contributed by atoms with Gasteiger partial charge in [-0.2, -0.15) is 9.57 Å². The number of nitrogens with one attached hydrogen (secondary N) is 1. The van der Waals surface area contributed by atoms with E-state index >= 15 is 0 Å². The first kappa shape index (κ1) is 20.5. The quantitative estimate of drug-likeness (QED) is 0.804. The molecule has 1 saturated heterocycles. The van der Waals surface area contributed by atoms with E-state index in [0.29, 0.717) is 19.4 Å². The second kappa shape index (κ2) is 8.39. The topological polar surface area (TPSA) is 90.3 Å². The molecule has 9 heteroatoms. The van der Waals surface area contributed by atoms with E-state index in [9.17, 15) is 22.9 Å². The zero-order valence-corrected chi connectivity index (χ0v) is 16.9. The number of halogens is 1. The van der Waals surface area contributed by atoms with Crippen molar-refractivity contribution in [1.29, 1.82) is 5.26 Å². The van der Waals surface area contributed by atoms with Gasteiger partial charge in [0, 0.05) is 23.5 Å². The molecule has 148 valence electrons. The Balaban J connectivity index is 1.72. The van der Waals surface area contributed by atoms with Crippen LogP contribution in [-0.4, -0.2) is 31.7 Å². The lowest BCUT2D eigenvalue weighted by Gasteiger charge is -2.31. The van der Waals surface area contributed by atoms with E-state index < -0.39 is 33.7 Å². The first-order chi connectivity index (χ1) is 13.3. The van der Waals surface area contributed by atoms with Crippen molar-refractivity contribution in [3.8, 4) is 6.07 Å². The van der Waals surface area contributed by atoms with Crippen molar-refractivity contribution >= 4 is 27.3 Å². The summed E-state index contributed by atoms with van der Waals surface area (Å²) in [5.41, 5.74) is 0.0905. The van der Waals surface area contributed by atoms with Crippen LogP contribution in [0.4, 0.5) is 4.39 Å². The van der Waals surface area contributed by atoms with E-state index in [0.717, 1.165) is 4.88 Å². The number of carbonyl (C=O) groups excluding carboxylic acids is 1. The highest BCUT2D eigenvalue weighted by Crippen LogP contribution is 2.28. The fourth-order valence-electron chi connectivity index (χ4n) is 3.20. The van der Waals surface area contributed by atoms with Crippen LogP contribution in [0.15, 0.2) is 40.6 Å². The molecule has 6 nitrogen and oxygen atoms in total. The van der Waals surface area contributed by atoms with Crippen molar-refractivity contribution in [3.63, 3.8) is 0 Å². The molecule has 1 fully saturated rings. The molecule has 0 spiro atoms. The predicted octanol–water partition coefficient (Wildman–Crippen LogP) is 2.98. The van der Waals surface area contributed by atoms with E-state index in [-0.39, 0.29) is 16.3 Å². The molecule has 2 heterocycles. The van der Waals surface area contributed by atoms with Crippen LogP contribution in [0.25, 0.3) is 0 Å². The van der Waals surface area contributed by atoms with Gasteiger partial charge in [0.05, 0.1) is 12.0 Å². The Hall–Kier alpha value is -2.28. The van der Waals surface area contributed by atoms with E-state index in [2.05, 4.69) is 5.32 Å². The maximum Gasteiger partial charge on any atom is 0.252 e. The van der Waals surface area contributed by atoms with Gasteiger partial charge >= 0.3 is 0 Å². The third kappa shape index (κ3) is 4.24. The minimum absolute atomic E-state index is 0.0422. The SMILES string of the molecule is Cc1ccc(S(=O)(=O)N2CCCC(C(=O)NC(C#N)c3ccccc3F)C2)s1. The van der Waals surface area contributed by atoms with Gasteiger partial charge in [0.25, 0.3) is 10.0 Å². The summed E-state index contributed by atoms with van der Waals surface area (Å²) in [6.07, 6.45) is 1.05. The number of nitrogens with zero attached hydrogens (tertiary/aromatic N) is 2. The Bertz CT molecular complexity index is 1010. The number of amides is 1.